The number of rotatable bonds is 7. The summed E-state index contributed by atoms with van der Waals surface area (Å²) in [5.74, 6) is 0. The van der Waals surface area contributed by atoms with E-state index < -0.39 is 8.03 Å². The van der Waals surface area contributed by atoms with Gasteiger partial charge in [-0.1, -0.05) is 32.6 Å². The highest BCUT2D eigenvalue weighted by Gasteiger charge is 1.95. The fourth-order valence-electron chi connectivity index (χ4n) is 0.975. The van der Waals surface area contributed by atoms with Crippen LogP contribution in [0.1, 0.15) is 39.0 Å². The van der Waals surface area contributed by atoms with Gasteiger partial charge >= 0.3 is 0 Å². The molecule has 0 spiro atoms. The first-order valence-corrected chi connectivity index (χ1v) is 5.90. The Kier molecular flexibility index (Phi) is 8.43. The summed E-state index contributed by atoms with van der Waals surface area (Å²) in [6.45, 7) is 2.19. The molecule has 0 amide bonds. The van der Waals surface area contributed by atoms with Gasteiger partial charge in [-0.15, -0.1) is 0 Å². The fourth-order valence-corrected chi connectivity index (χ4v) is 1.72. The van der Waals surface area contributed by atoms with E-state index in [0.717, 1.165) is 12.6 Å². The molecule has 2 nitrogen and oxygen atoms in total. The average Bonchev–Trinajstić information content (AvgIpc) is 2.04. The predicted molar refractivity (Wildman–Crippen MR) is 49.6 cm³/mol. The lowest BCUT2D eigenvalue weighted by atomic mass is 10.2. The van der Waals surface area contributed by atoms with Crippen molar-refractivity contribution in [2.24, 2.45) is 0 Å². The molecule has 1 atom stereocenters. The summed E-state index contributed by atoms with van der Waals surface area (Å²) in [4.78, 5) is 0. The molecule has 1 unspecified atom stereocenters. The molecule has 0 aliphatic carbocycles. The summed E-state index contributed by atoms with van der Waals surface area (Å²) in [5.41, 5.74) is 0. The van der Waals surface area contributed by atoms with Crippen molar-refractivity contribution in [1.29, 1.82) is 0 Å². The van der Waals surface area contributed by atoms with Gasteiger partial charge in [-0.3, -0.25) is 4.57 Å². The summed E-state index contributed by atoms with van der Waals surface area (Å²) in [6, 6.07) is 0. The molecule has 3 heteroatoms. The van der Waals surface area contributed by atoms with Crippen LogP contribution in [0.5, 0.6) is 0 Å². The van der Waals surface area contributed by atoms with Crippen LogP contribution >= 0.6 is 8.03 Å². The summed E-state index contributed by atoms with van der Waals surface area (Å²) in [5, 5.41) is 0. The highest BCUT2D eigenvalue weighted by atomic mass is 31.1. The van der Waals surface area contributed by atoms with Gasteiger partial charge < -0.3 is 4.52 Å². The Balaban J connectivity index is 2.95. The first-order chi connectivity index (χ1) is 5.31. The maximum absolute atomic E-state index is 10.8. The summed E-state index contributed by atoms with van der Waals surface area (Å²) in [6.07, 6.45) is 6.87. The molecule has 0 bridgehead atoms. The van der Waals surface area contributed by atoms with E-state index >= 15 is 0 Å². The molecule has 0 N–H and O–H groups in total. The minimum absolute atomic E-state index is 0.769. The summed E-state index contributed by atoms with van der Waals surface area (Å²) >= 11 is 0. The lowest BCUT2D eigenvalue weighted by Crippen LogP contribution is -1.82. The molecule has 0 aromatic rings. The lowest BCUT2D eigenvalue weighted by molar-refractivity contribution is 0.413. The third-order valence-electron chi connectivity index (χ3n) is 1.71. The molecular weight excluding hydrogens is 159 g/mol. The lowest BCUT2D eigenvalue weighted by Gasteiger charge is -1.98. The van der Waals surface area contributed by atoms with Gasteiger partial charge in [-0.2, -0.15) is 0 Å². The quantitative estimate of drug-likeness (QED) is 0.442. The SMILES string of the molecule is CCCCCCC[PH](=O)OC. The van der Waals surface area contributed by atoms with Crippen molar-refractivity contribution in [1.82, 2.24) is 0 Å². The largest absolute Gasteiger partial charge is 0.334 e. The van der Waals surface area contributed by atoms with Gasteiger partial charge in [0, 0.05) is 13.3 Å². The van der Waals surface area contributed by atoms with Crippen LogP contribution in [0.2, 0.25) is 0 Å². The van der Waals surface area contributed by atoms with Crippen molar-refractivity contribution in [3.8, 4) is 0 Å². The second kappa shape index (κ2) is 8.29. The zero-order chi connectivity index (χ0) is 8.53. The topological polar surface area (TPSA) is 26.3 Å². The van der Waals surface area contributed by atoms with Crippen molar-refractivity contribution >= 4 is 8.03 Å². The van der Waals surface area contributed by atoms with Crippen LogP contribution < -0.4 is 0 Å². The Hall–Kier alpha value is 0.190. The van der Waals surface area contributed by atoms with Gasteiger partial charge in [0.2, 0.25) is 0 Å². The Morgan fingerprint density at radius 3 is 2.36 bits per heavy atom. The monoisotopic (exact) mass is 178 g/mol. The predicted octanol–water partition coefficient (Wildman–Crippen LogP) is 3.08. The Bertz CT molecular complexity index is 104. The van der Waals surface area contributed by atoms with E-state index in [9.17, 15) is 4.57 Å². The van der Waals surface area contributed by atoms with Crippen LogP contribution in [-0.2, 0) is 9.09 Å². The molecule has 11 heavy (non-hydrogen) atoms. The third-order valence-corrected chi connectivity index (χ3v) is 2.93. The van der Waals surface area contributed by atoms with Crippen molar-refractivity contribution in [2.45, 2.75) is 39.0 Å². The van der Waals surface area contributed by atoms with Gasteiger partial charge in [0.1, 0.15) is 0 Å². The second-order valence-electron chi connectivity index (χ2n) is 2.74. The van der Waals surface area contributed by atoms with Crippen LogP contribution in [0.3, 0.4) is 0 Å². The first-order valence-electron chi connectivity index (χ1n) is 4.38. The number of unbranched alkanes of at least 4 members (excludes halogenated alkanes) is 4. The summed E-state index contributed by atoms with van der Waals surface area (Å²) < 4.78 is 15.5. The molecule has 0 heterocycles. The Labute approximate surface area is 70.2 Å². The van der Waals surface area contributed by atoms with Gasteiger partial charge in [0.05, 0.1) is 0 Å². The van der Waals surface area contributed by atoms with Gasteiger partial charge in [-0.25, -0.2) is 0 Å². The number of hydrogen-bond donors (Lipinski definition) is 0. The molecule has 0 rings (SSSR count). The van der Waals surface area contributed by atoms with Crippen LogP contribution in [0.4, 0.5) is 0 Å². The van der Waals surface area contributed by atoms with Gasteiger partial charge in [0.15, 0.2) is 8.03 Å². The Morgan fingerprint density at radius 2 is 1.82 bits per heavy atom. The van der Waals surface area contributed by atoms with E-state index in [1.165, 1.54) is 32.8 Å². The van der Waals surface area contributed by atoms with Crippen LogP contribution in [0, 0.1) is 0 Å². The first kappa shape index (κ1) is 11.2. The van der Waals surface area contributed by atoms with E-state index in [1.54, 1.807) is 0 Å². The second-order valence-corrected chi connectivity index (χ2v) is 4.39. The van der Waals surface area contributed by atoms with Crippen LogP contribution in [-0.4, -0.2) is 13.3 Å². The molecule has 0 saturated carbocycles. The maximum atomic E-state index is 10.8. The van der Waals surface area contributed by atoms with Crippen molar-refractivity contribution < 1.29 is 9.09 Å². The molecule has 0 aliphatic rings. The Morgan fingerprint density at radius 1 is 1.18 bits per heavy atom. The molecule has 0 fully saturated rings. The van der Waals surface area contributed by atoms with E-state index in [2.05, 4.69) is 6.92 Å². The standard InChI is InChI=1S/C8H19O2P/c1-3-4-5-6-7-8-11(9)10-2/h11H,3-8H2,1-2H3. The normalized spacial score (nSPS) is 13.3. The minimum Gasteiger partial charge on any atom is -0.334 e. The average molecular weight is 178 g/mol. The zero-order valence-electron chi connectivity index (χ0n) is 7.56. The molecule has 68 valence electrons. The molecule has 0 aromatic carbocycles. The maximum Gasteiger partial charge on any atom is 0.191 e. The van der Waals surface area contributed by atoms with Crippen molar-refractivity contribution in [3.05, 3.63) is 0 Å². The van der Waals surface area contributed by atoms with E-state index in [0.29, 0.717) is 0 Å². The highest BCUT2D eigenvalue weighted by molar-refractivity contribution is 7.39. The molecule has 0 saturated heterocycles. The summed E-state index contributed by atoms with van der Waals surface area (Å²) in [7, 11) is -0.145. The van der Waals surface area contributed by atoms with Crippen molar-refractivity contribution in [3.63, 3.8) is 0 Å². The highest BCUT2D eigenvalue weighted by Crippen LogP contribution is 2.22. The van der Waals surface area contributed by atoms with Crippen LogP contribution in [0.15, 0.2) is 0 Å². The van der Waals surface area contributed by atoms with Gasteiger partial charge in [-0.05, 0) is 6.42 Å². The smallest absolute Gasteiger partial charge is 0.191 e. The molecule has 0 aromatic heterocycles. The van der Waals surface area contributed by atoms with Crippen LogP contribution in [0.25, 0.3) is 0 Å². The van der Waals surface area contributed by atoms with Gasteiger partial charge in [0.25, 0.3) is 0 Å². The van der Waals surface area contributed by atoms with E-state index in [-0.39, 0.29) is 0 Å². The fraction of sp³-hybridized carbons (Fsp3) is 1.00. The third kappa shape index (κ3) is 8.09. The van der Waals surface area contributed by atoms with Crippen molar-refractivity contribution in [2.75, 3.05) is 13.3 Å². The molecular formula is C8H19O2P. The zero-order valence-corrected chi connectivity index (χ0v) is 8.56. The molecule has 0 radical (unpaired) electrons. The molecule has 0 aliphatic heterocycles. The van der Waals surface area contributed by atoms with E-state index in [1.807, 2.05) is 0 Å². The van der Waals surface area contributed by atoms with E-state index in [4.69, 9.17) is 4.52 Å². The number of hydrogen-bond acceptors (Lipinski definition) is 2. The minimum atomic E-state index is -1.67.